The summed E-state index contributed by atoms with van der Waals surface area (Å²) in [5.41, 5.74) is 1.14. The van der Waals surface area contributed by atoms with Gasteiger partial charge in [-0.25, -0.2) is 0 Å². The van der Waals surface area contributed by atoms with Crippen LogP contribution in [0.2, 0.25) is 5.02 Å². The molecule has 0 aliphatic carbocycles. The number of hydrogen-bond donors (Lipinski definition) is 2. The molecule has 9 heteroatoms. The van der Waals surface area contributed by atoms with Gasteiger partial charge in [-0.15, -0.1) is 0 Å². The number of rotatable bonds is 7. The second-order valence-corrected chi connectivity index (χ2v) is 10.8. The van der Waals surface area contributed by atoms with Crippen molar-refractivity contribution in [3.05, 3.63) is 71.2 Å². The van der Waals surface area contributed by atoms with Gasteiger partial charge >= 0.3 is 0 Å². The Hall–Kier alpha value is -2.94. The zero-order chi connectivity index (χ0) is 26.2. The summed E-state index contributed by atoms with van der Waals surface area (Å²) in [5, 5.41) is 7.86. The van der Waals surface area contributed by atoms with Crippen molar-refractivity contribution in [1.29, 1.82) is 0 Å². The van der Waals surface area contributed by atoms with E-state index in [1.165, 1.54) is 18.4 Å². The van der Waals surface area contributed by atoms with Crippen molar-refractivity contribution in [3.63, 3.8) is 0 Å². The van der Waals surface area contributed by atoms with Crippen molar-refractivity contribution in [3.8, 4) is 11.6 Å². The van der Waals surface area contributed by atoms with Crippen LogP contribution in [0, 0.1) is 0 Å². The number of ether oxygens (including phenoxy) is 2. The summed E-state index contributed by atoms with van der Waals surface area (Å²) in [5.74, 6) is 2.48. The van der Waals surface area contributed by atoms with E-state index >= 15 is 0 Å². The third kappa shape index (κ3) is 6.92. The normalized spacial score (nSPS) is 17.3. The molecule has 2 aliphatic heterocycles. The molecule has 3 heterocycles. The van der Waals surface area contributed by atoms with Gasteiger partial charge in [-0.2, -0.15) is 9.97 Å². The van der Waals surface area contributed by atoms with Gasteiger partial charge in [0.1, 0.15) is 11.6 Å². The maximum atomic E-state index is 6.16. The van der Waals surface area contributed by atoms with Gasteiger partial charge in [0.15, 0.2) is 5.11 Å². The second-order valence-electron chi connectivity index (χ2n) is 9.91. The summed E-state index contributed by atoms with van der Waals surface area (Å²) in [7, 11) is 0. The fourth-order valence-electron chi connectivity index (χ4n) is 5.12. The van der Waals surface area contributed by atoms with Crippen molar-refractivity contribution < 1.29 is 9.47 Å². The Morgan fingerprint density at radius 2 is 1.68 bits per heavy atom. The third-order valence-electron chi connectivity index (χ3n) is 7.30. The van der Waals surface area contributed by atoms with Crippen LogP contribution in [0.1, 0.15) is 44.1 Å². The average Bonchev–Trinajstić information content (AvgIpc) is 3.23. The van der Waals surface area contributed by atoms with Crippen LogP contribution in [0.25, 0.3) is 0 Å². The molecule has 3 aromatic rings. The molecular weight excluding hydrogens is 518 g/mol. The minimum Gasteiger partial charge on any atom is -0.439 e. The quantitative estimate of drug-likeness (QED) is 0.330. The molecule has 0 radical (unpaired) electrons. The van der Waals surface area contributed by atoms with E-state index < -0.39 is 0 Å². The lowest BCUT2D eigenvalue weighted by molar-refractivity contribution is 0.0515. The first-order valence-electron chi connectivity index (χ1n) is 13.4. The van der Waals surface area contributed by atoms with E-state index in [4.69, 9.17) is 38.3 Å². The third-order valence-corrected chi connectivity index (χ3v) is 7.80. The molecule has 38 heavy (non-hydrogen) atoms. The highest BCUT2D eigenvalue weighted by molar-refractivity contribution is 7.80. The van der Waals surface area contributed by atoms with E-state index in [-0.39, 0.29) is 5.41 Å². The van der Waals surface area contributed by atoms with Crippen molar-refractivity contribution in [1.82, 2.24) is 15.3 Å². The van der Waals surface area contributed by atoms with Crippen LogP contribution >= 0.6 is 23.8 Å². The van der Waals surface area contributed by atoms with Gasteiger partial charge in [-0.05, 0) is 67.7 Å². The Labute approximate surface area is 234 Å². The van der Waals surface area contributed by atoms with Gasteiger partial charge in [-0.3, -0.25) is 0 Å². The highest BCUT2D eigenvalue weighted by atomic mass is 35.5. The molecule has 0 amide bonds. The standard InChI is InChI=1S/C29H34ClN5O2S/c30-23-12-10-22(11-13-23)29(14-18-36-19-15-29)21-31-28(38)34-27-32-25(35-16-6-1-2-7-17-35)20-26(33-27)37-24-8-4-3-5-9-24/h3-5,8-13,20H,1-2,6-7,14-19,21H2,(H2,31,32,33,34,38). The van der Waals surface area contributed by atoms with E-state index in [1.807, 2.05) is 48.5 Å². The molecule has 2 saturated heterocycles. The first-order valence-corrected chi connectivity index (χ1v) is 14.1. The lowest BCUT2D eigenvalue weighted by atomic mass is 9.74. The SMILES string of the molecule is S=C(NCC1(c2ccc(Cl)cc2)CCOCC1)Nc1nc(Oc2ccccc2)cc(N2CCCCCC2)n1. The predicted molar refractivity (Wildman–Crippen MR) is 157 cm³/mol. The van der Waals surface area contributed by atoms with E-state index in [0.29, 0.717) is 36.7 Å². The molecule has 0 bridgehead atoms. The van der Waals surface area contributed by atoms with Crippen LogP contribution in [0.4, 0.5) is 11.8 Å². The van der Waals surface area contributed by atoms with Gasteiger partial charge < -0.3 is 25.0 Å². The molecule has 5 rings (SSSR count). The monoisotopic (exact) mass is 551 g/mol. The van der Waals surface area contributed by atoms with Crippen LogP contribution < -0.4 is 20.3 Å². The van der Waals surface area contributed by atoms with Gasteiger partial charge in [0.2, 0.25) is 11.8 Å². The minimum atomic E-state index is -0.0923. The number of aromatic nitrogens is 2. The zero-order valence-electron chi connectivity index (χ0n) is 21.5. The van der Waals surface area contributed by atoms with Crippen LogP contribution in [-0.2, 0) is 10.2 Å². The summed E-state index contributed by atoms with van der Waals surface area (Å²) in [6.07, 6.45) is 6.60. The molecule has 0 saturated carbocycles. The summed E-state index contributed by atoms with van der Waals surface area (Å²) >= 11 is 11.9. The highest BCUT2D eigenvalue weighted by Crippen LogP contribution is 2.35. The fourth-order valence-corrected chi connectivity index (χ4v) is 5.41. The maximum absolute atomic E-state index is 6.16. The highest BCUT2D eigenvalue weighted by Gasteiger charge is 2.34. The van der Waals surface area contributed by atoms with E-state index in [1.54, 1.807) is 0 Å². The van der Waals surface area contributed by atoms with Crippen molar-refractivity contribution in [2.45, 2.75) is 43.9 Å². The molecule has 0 atom stereocenters. The molecule has 0 unspecified atom stereocenters. The van der Waals surface area contributed by atoms with E-state index in [9.17, 15) is 0 Å². The lowest BCUT2D eigenvalue weighted by Gasteiger charge is -2.38. The van der Waals surface area contributed by atoms with E-state index in [2.05, 4.69) is 32.7 Å². The fraction of sp³-hybridized carbons (Fsp3) is 0.414. The van der Waals surface area contributed by atoms with Crippen molar-refractivity contribution >= 4 is 40.7 Å². The van der Waals surface area contributed by atoms with Crippen LogP contribution in [-0.4, -0.2) is 47.9 Å². The Kier molecular flexibility index (Phi) is 8.94. The van der Waals surface area contributed by atoms with Crippen LogP contribution in [0.3, 0.4) is 0 Å². The topological polar surface area (TPSA) is 71.5 Å². The Morgan fingerprint density at radius 1 is 0.974 bits per heavy atom. The van der Waals surface area contributed by atoms with Gasteiger partial charge in [0, 0.05) is 49.4 Å². The first kappa shape index (κ1) is 26.7. The Balaban J connectivity index is 1.32. The minimum absolute atomic E-state index is 0.0923. The number of benzene rings is 2. The zero-order valence-corrected chi connectivity index (χ0v) is 23.1. The average molecular weight is 552 g/mol. The molecule has 2 aromatic carbocycles. The molecular formula is C29H34ClN5O2S. The molecule has 200 valence electrons. The summed E-state index contributed by atoms with van der Waals surface area (Å²) in [6.45, 7) is 4.03. The number of thiocarbonyl (C=S) groups is 1. The second kappa shape index (κ2) is 12.7. The first-order chi connectivity index (χ1) is 18.6. The number of halogens is 1. The lowest BCUT2D eigenvalue weighted by Crippen LogP contribution is -2.45. The summed E-state index contributed by atoms with van der Waals surface area (Å²) in [4.78, 5) is 11.8. The number of para-hydroxylation sites is 1. The summed E-state index contributed by atoms with van der Waals surface area (Å²) < 4.78 is 11.8. The number of nitrogens with one attached hydrogen (secondary N) is 2. The van der Waals surface area contributed by atoms with Gasteiger partial charge in [-0.1, -0.05) is 54.8 Å². The molecule has 2 fully saturated rings. The molecule has 2 N–H and O–H groups in total. The maximum Gasteiger partial charge on any atom is 0.234 e. The van der Waals surface area contributed by atoms with Gasteiger partial charge in [0.05, 0.1) is 0 Å². The summed E-state index contributed by atoms with van der Waals surface area (Å²) in [6, 6.07) is 19.7. The van der Waals surface area contributed by atoms with E-state index in [0.717, 1.165) is 55.4 Å². The smallest absolute Gasteiger partial charge is 0.234 e. The molecule has 7 nitrogen and oxygen atoms in total. The number of anilines is 2. The molecule has 1 aromatic heterocycles. The van der Waals surface area contributed by atoms with Crippen LogP contribution in [0.15, 0.2) is 60.7 Å². The number of nitrogens with zero attached hydrogens (tertiary/aromatic N) is 3. The van der Waals surface area contributed by atoms with Crippen molar-refractivity contribution in [2.24, 2.45) is 0 Å². The Morgan fingerprint density at radius 3 is 2.39 bits per heavy atom. The largest absolute Gasteiger partial charge is 0.439 e. The van der Waals surface area contributed by atoms with Gasteiger partial charge in [0.25, 0.3) is 0 Å². The Bertz CT molecular complexity index is 1200. The van der Waals surface area contributed by atoms with Crippen LogP contribution in [0.5, 0.6) is 11.6 Å². The number of hydrogen-bond acceptors (Lipinski definition) is 6. The molecule has 0 spiro atoms. The molecule has 2 aliphatic rings. The van der Waals surface area contributed by atoms with Crippen molar-refractivity contribution in [2.75, 3.05) is 43.1 Å². The predicted octanol–water partition coefficient (Wildman–Crippen LogP) is 6.34.